The SMILES string of the molecule is Cn1cc(C(C=O)NC(=O)OC(C)(C)C)c(C2CCOCC2)n1. The summed E-state index contributed by atoms with van der Waals surface area (Å²) in [6, 6.07) is -0.767. The number of rotatable bonds is 4. The van der Waals surface area contributed by atoms with Gasteiger partial charge in [0.1, 0.15) is 17.9 Å². The molecule has 2 rings (SSSR count). The first-order valence-electron chi connectivity index (χ1n) is 7.86. The minimum atomic E-state index is -0.767. The number of alkyl carbamates (subject to hydrolysis) is 1. The monoisotopic (exact) mass is 323 g/mol. The molecule has 1 aromatic rings. The second-order valence-corrected chi connectivity index (χ2v) is 6.79. The van der Waals surface area contributed by atoms with Gasteiger partial charge in [-0.05, 0) is 33.6 Å². The topological polar surface area (TPSA) is 82.5 Å². The van der Waals surface area contributed by atoms with Crippen LogP contribution in [0.15, 0.2) is 6.20 Å². The molecule has 1 aliphatic heterocycles. The van der Waals surface area contributed by atoms with Crippen molar-refractivity contribution in [3.05, 3.63) is 17.5 Å². The molecule has 0 spiro atoms. The maximum Gasteiger partial charge on any atom is 0.408 e. The molecule has 7 nitrogen and oxygen atoms in total. The van der Waals surface area contributed by atoms with Crippen LogP contribution in [0.5, 0.6) is 0 Å². The van der Waals surface area contributed by atoms with Crippen LogP contribution in [0.4, 0.5) is 4.79 Å². The number of hydrogen-bond acceptors (Lipinski definition) is 5. The molecule has 0 aliphatic carbocycles. The normalized spacial score (nSPS) is 17.6. The van der Waals surface area contributed by atoms with Crippen molar-refractivity contribution >= 4 is 12.4 Å². The third kappa shape index (κ3) is 4.79. The summed E-state index contributed by atoms with van der Waals surface area (Å²) in [7, 11) is 1.81. The number of aromatic nitrogens is 2. The molecule has 1 aromatic heterocycles. The highest BCUT2D eigenvalue weighted by atomic mass is 16.6. The molecule has 128 valence electrons. The van der Waals surface area contributed by atoms with E-state index in [0.29, 0.717) is 19.5 Å². The average Bonchev–Trinajstić information content (AvgIpc) is 2.85. The van der Waals surface area contributed by atoms with Crippen molar-refractivity contribution in [3.8, 4) is 0 Å². The van der Waals surface area contributed by atoms with E-state index in [2.05, 4.69) is 10.4 Å². The summed E-state index contributed by atoms with van der Waals surface area (Å²) in [6.07, 6.45) is 3.60. The fraction of sp³-hybridized carbons (Fsp3) is 0.688. The number of hydrogen-bond donors (Lipinski definition) is 1. The van der Waals surface area contributed by atoms with Crippen molar-refractivity contribution in [3.63, 3.8) is 0 Å². The van der Waals surface area contributed by atoms with E-state index in [-0.39, 0.29) is 5.92 Å². The van der Waals surface area contributed by atoms with Crippen molar-refractivity contribution < 1.29 is 19.1 Å². The Balaban J connectivity index is 2.17. The van der Waals surface area contributed by atoms with Gasteiger partial charge in [-0.2, -0.15) is 5.10 Å². The first-order chi connectivity index (χ1) is 10.8. The lowest BCUT2D eigenvalue weighted by atomic mass is 9.92. The predicted octanol–water partition coefficient (Wildman–Crippen LogP) is 2.08. The number of aldehydes is 1. The van der Waals surface area contributed by atoms with E-state index < -0.39 is 17.7 Å². The van der Waals surface area contributed by atoms with E-state index in [1.54, 1.807) is 31.6 Å². The van der Waals surface area contributed by atoms with Crippen LogP contribution in [0, 0.1) is 0 Å². The molecule has 0 radical (unpaired) electrons. The smallest absolute Gasteiger partial charge is 0.408 e. The minimum absolute atomic E-state index is 0.239. The van der Waals surface area contributed by atoms with Gasteiger partial charge in [-0.1, -0.05) is 0 Å². The lowest BCUT2D eigenvalue weighted by molar-refractivity contribution is -0.109. The summed E-state index contributed by atoms with van der Waals surface area (Å²) in [5.74, 6) is 0.239. The number of carbonyl (C=O) groups is 2. The summed E-state index contributed by atoms with van der Waals surface area (Å²) in [5, 5.41) is 7.11. The summed E-state index contributed by atoms with van der Waals surface area (Å²) in [4.78, 5) is 23.5. The molecule has 1 saturated heterocycles. The van der Waals surface area contributed by atoms with Crippen LogP contribution < -0.4 is 5.32 Å². The van der Waals surface area contributed by atoms with Gasteiger partial charge in [-0.25, -0.2) is 4.79 Å². The van der Waals surface area contributed by atoms with Crippen LogP contribution in [0.2, 0.25) is 0 Å². The van der Waals surface area contributed by atoms with Gasteiger partial charge in [0, 0.05) is 37.9 Å². The van der Waals surface area contributed by atoms with Gasteiger partial charge in [0.25, 0.3) is 0 Å². The molecule has 0 bridgehead atoms. The van der Waals surface area contributed by atoms with Gasteiger partial charge < -0.3 is 19.6 Å². The quantitative estimate of drug-likeness (QED) is 0.858. The summed E-state index contributed by atoms with van der Waals surface area (Å²) in [5.41, 5.74) is 0.958. The Hall–Kier alpha value is -1.89. The van der Waals surface area contributed by atoms with Gasteiger partial charge in [0.15, 0.2) is 0 Å². The van der Waals surface area contributed by atoms with Crippen LogP contribution >= 0.6 is 0 Å². The van der Waals surface area contributed by atoms with E-state index >= 15 is 0 Å². The van der Waals surface area contributed by atoms with Crippen LogP contribution in [-0.2, 0) is 21.3 Å². The third-order valence-corrected chi connectivity index (χ3v) is 3.64. The van der Waals surface area contributed by atoms with Crippen molar-refractivity contribution in [1.29, 1.82) is 0 Å². The maximum atomic E-state index is 12.0. The largest absolute Gasteiger partial charge is 0.444 e. The predicted molar refractivity (Wildman–Crippen MR) is 84.2 cm³/mol. The highest BCUT2D eigenvalue weighted by Gasteiger charge is 2.28. The maximum absolute atomic E-state index is 12.0. The van der Waals surface area contributed by atoms with E-state index in [0.717, 1.165) is 24.1 Å². The lowest BCUT2D eigenvalue weighted by Crippen LogP contribution is -2.36. The molecule has 7 heteroatoms. The molecule has 1 amide bonds. The second-order valence-electron chi connectivity index (χ2n) is 6.79. The number of nitrogens with zero attached hydrogens (tertiary/aromatic N) is 2. The molecular weight excluding hydrogens is 298 g/mol. The van der Waals surface area contributed by atoms with E-state index in [4.69, 9.17) is 9.47 Å². The number of nitrogens with one attached hydrogen (secondary N) is 1. The standard InChI is InChI=1S/C16H25N3O4/c1-16(2,3)23-15(21)17-13(10-20)12-9-19(4)18-14(12)11-5-7-22-8-6-11/h9-11,13H,5-8H2,1-4H3,(H,17,21). The summed E-state index contributed by atoms with van der Waals surface area (Å²) >= 11 is 0. The zero-order chi connectivity index (χ0) is 17.0. The van der Waals surface area contributed by atoms with Crippen molar-refractivity contribution in [2.75, 3.05) is 13.2 Å². The number of ether oxygens (including phenoxy) is 2. The highest BCUT2D eigenvalue weighted by molar-refractivity contribution is 5.74. The van der Waals surface area contributed by atoms with Gasteiger partial charge >= 0.3 is 6.09 Å². The third-order valence-electron chi connectivity index (χ3n) is 3.64. The molecule has 2 heterocycles. The minimum Gasteiger partial charge on any atom is -0.444 e. The van der Waals surface area contributed by atoms with Gasteiger partial charge in [0.05, 0.1) is 5.69 Å². The van der Waals surface area contributed by atoms with Crippen molar-refractivity contribution in [2.45, 2.75) is 51.2 Å². The molecule has 0 aromatic carbocycles. The average molecular weight is 323 g/mol. The Morgan fingerprint density at radius 3 is 2.70 bits per heavy atom. The van der Waals surface area contributed by atoms with Gasteiger partial charge in [0.2, 0.25) is 0 Å². The van der Waals surface area contributed by atoms with Crippen LogP contribution in [0.25, 0.3) is 0 Å². The molecule has 1 aliphatic rings. The van der Waals surface area contributed by atoms with Crippen LogP contribution in [0.1, 0.15) is 56.8 Å². The van der Waals surface area contributed by atoms with Gasteiger partial charge in [-0.15, -0.1) is 0 Å². The Morgan fingerprint density at radius 1 is 1.48 bits per heavy atom. The number of carbonyl (C=O) groups excluding carboxylic acids is 2. The van der Waals surface area contributed by atoms with E-state index in [9.17, 15) is 9.59 Å². The highest BCUT2D eigenvalue weighted by Crippen LogP contribution is 2.30. The summed E-state index contributed by atoms with van der Waals surface area (Å²) in [6.45, 7) is 6.71. The molecule has 1 atom stereocenters. The Morgan fingerprint density at radius 2 is 2.13 bits per heavy atom. The zero-order valence-electron chi connectivity index (χ0n) is 14.2. The molecular formula is C16H25N3O4. The van der Waals surface area contributed by atoms with Crippen LogP contribution in [-0.4, -0.2) is 41.0 Å². The fourth-order valence-electron chi connectivity index (χ4n) is 2.67. The Bertz CT molecular complexity index is 556. The summed E-state index contributed by atoms with van der Waals surface area (Å²) < 4.78 is 12.3. The molecule has 0 saturated carbocycles. The molecule has 1 N–H and O–H groups in total. The van der Waals surface area contributed by atoms with E-state index in [1.807, 2.05) is 7.05 Å². The first-order valence-corrected chi connectivity index (χ1v) is 7.86. The molecule has 1 unspecified atom stereocenters. The Kier molecular flexibility index (Phi) is 5.41. The number of aryl methyl sites for hydroxylation is 1. The zero-order valence-corrected chi connectivity index (χ0v) is 14.2. The lowest BCUT2D eigenvalue weighted by Gasteiger charge is -2.24. The number of amides is 1. The Labute approximate surface area is 136 Å². The van der Waals surface area contributed by atoms with E-state index in [1.165, 1.54) is 0 Å². The van der Waals surface area contributed by atoms with Gasteiger partial charge in [-0.3, -0.25) is 4.68 Å². The first kappa shape index (κ1) is 17.5. The second kappa shape index (κ2) is 7.12. The molecule has 1 fully saturated rings. The fourth-order valence-corrected chi connectivity index (χ4v) is 2.67. The van der Waals surface area contributed by atoms with Crippen LogP contribution in [0.3, 0.4) is 0 Å². The van der Waals surface area contributed by atoms with Crippen molar-refractivity contribution in [1.82, 2.24) is 15.1 Å². The molecule has 23 heavy (non-hydrogen) atoms. The van der Waals surface area contributed by atoms with Crippen molar-refractivity contribution in [2.24, 2.45) is 7.05 Å².